The first-order chi connectivity index (χ1) is 22.7. The van der Waals surface area contributed by atoms with Crippen LogP contribution < -0.4 is 31.9 Å². The second-order valence-corrected chi connectivity index (χ2v) is 12.5. The lowest BCUT2D eigenvalue weighted by Gasteiger charge is -2.29. The quantitative estimate of drug-likeness (QED) is 0.167. The number of benzene rings is 2. The Morgan fingerprint density at radius 1 is 0.542 bits per heavy atom. The van der Waals surface area contributed by atoms with E-state index in [9.17, 15) is 39.0 Å². The summed E-state index contributed by atoms with van der Waals surface area (Å²) in [6, 6.07) is 4.70. The maximum absolute atomic E-state index is 13.8. The first-order valence-corrected chi connectivity index (χ1v) is 16.6. The van der Waals surface area contributed by atoms with E-state index < -0.39 is 77.6 Å². The van der Waals surface area contributed by atoms with Gasteiger partial charge in [-0.05, 0) is 48.2 Å². The van der Waals surface area contributed by atoms with Gasteiger partial charge >= 0.3 is 0 Å². The molecule has 16 heteroatoms. The van der Waals surface area contributed by atoms with Crippen LogP contribution >= 0.6 is 25.3 Å². The molecule has 6 amide bonds. The molecule has 1 aliphatic rings. The van der Waals surface area contributed by atoms with E-state index in [0.717, 1.165) is 0 Å². The van der Waals surface area contributed by atoms with Crippen LogP contribution in [-0.4, -0.2) is 93.4 Å². The van der Waals surface area contributed by atoms with Crippen molar-refractivity contribution in [3.8, 4) is 11.5 Å². The smallest absolute Gasteiger partial charge is 0.244 e. The predicted molar refractivity (Wildman–Crippen MR) is 183 cm³/mol. The van der Waals surface area contributed by atoms with Gasteiger partial charge in [0, 0.05) is 24.3 Å². The van der Waals surface area contributed by atoms with Gasteiger partial charge in [0.05, 0.1) is 0 Å². The Morgan fingerprint density at radius 3 is 1.31 bits per heavy atom. The van der Waals surface area contributed by atoms with E-state index in [2.05, 4.69) is 57.2 Å². The van der Waals surface area contributed by atoms with Gasteiger partial charge in [-0.25, -0.2) is 0 Å². The van der Waals surface area contributed by atoms with Crippen molar-refractivity contribution in [3.63, 3.8) is 0 Å². The summed E-state index contributed by atoms with van der Waals surface area (Å²) in [4.78, 5) is 80.6. The Labute approximate surface area is 289 Å². The fourth-order valence-electron chi connectivity index (χ4n) is 4.81. The molecule has 0 bridgehead atoms. The molecule has 3 rings (SSSR count). The summed E-state index contributed by atoms with van der Waals surface area (Å²) >= 11 is 8.41. The third-order valence-electron chi connectivity index (χ3n) is 7.65. The van der Waals surface area contributed by atoms with Crippen molar-refractivity contribution in [1.82, 2.24) is 31.9 Å². The Morgan fingerprint density at radius 2 is 0.896 bits per heavy atom. The Bertz CT molecular complexity index is 1470. The number of phenolic OH excluding ortho intramolecular Hbond substituents is 2. The third kappa shape index (κ3) is 10.8. The molecule has 0 saturated carbocycles. The van der Waals surface area contributed by atoms with Gasteiger partial charge in [-0.15, -0.1) is 0 Å². The maximum atomic E-state index is 13.8. The van der Waals surface area contributed by atoms with Crippen molar-refractivity contribution in [1.29, 1.82) is 0 Å². The highest BCUT2D eigenvalue weighted by Gasteiger charge is 2.34. The van der Waals surface area contributed by atoms with Crippen LogP contribution in [0.1, 0.15) is 31.9 Å². The van der Waals surface area contributed by atoms with Gasteiger partial charge in [0.25, 0.3) is 0 Å². The van der Waals surface area contributed by atoms with Crippen LogP contribution in [0.3, 0.4) is 0 Å². The van der Waals surface area contributed by atoms with Gasteiger partial charge in [-0.2, -0.15) is 25.3 Å². The number of hydrogen-bond acceptors (Lipinski definition) is 10. The number of carbonyl (C=O) groups excluding carboxylic acids is 6. The van der Waals surface area contributed by atoms with Crippen molar-refractivity contribution >= 4 is 60.7 Å². The molecule has 0 aromatic heterocycles. The largest absolute Gasteiger partial charge is 0.508 e. The highest BCUT2D eigenvalue weighted by Crippen LogP contribution is 2.14. The lowest BCUT2D eigenvalue weighted by molar-refractivity contribution is -0.136. The molecule has 14 nitrogen and oxygen atoms in total. The number of aromatic hydroxyl groups is 2. The van der Waals surface area contributed by atoms with Gasteiger partial charge in [0.1, 0.15) is 47.8 Å². The molecule has 1 saturated heterocycles. The normalized spacial score (nSPS) is 25.0. The minimum absolute atomic E-state index is 0.00718. The van der Waals surface area contributed by atoms with Crippen LogP contribution in [0.4, 0.5) is 0 Å². The minimum atomic E-state index is -1.27. The number of nitrogens with one attached hydrogen (secondary N) is 6. The SMILES string of the molecule is CC(C)[C@@H]1NC(=O)[C@H](CS)NC(=O)[C@H](Cc2ccc(O)cc2)NC(=O)[C@H](Cc2ccc(O)cc2)NC(=O)[C@H](C)NC(=O)[C@H](CS)NC1=O. The minimum Gasteiger partial charge on any atom is -0.508 e. The molecule has 0 unspecified atom stereocenters. The van der Waals surface area contributed by atoms with Crippen LogP contribution in [0.2, 0.25) is 0 Å². The van der Waals surface area contributed by atoms with Crippen molar-refractivity contribution in [3.05, 3.63) is 59.7 Å². The average molecular weight is 703 g/mol. The Hall–Kier alpha value is -4.44. The van der Waals surface area contributed by atoms with Crippen LogP contribution in [-0.2, 0) is 41.6 Å². The topological polar surface area (TPSA) is 215 Å². The van der Waals surface area contributed by atoms with E-state index in [0.29, 0.717) is 11.1 Å². The molecule has 6 atom stereocenters. The zero-order valence-corrected chi connectivity index (χ0v) is 28.5. The summed E-state index contributed by atoms with van der Waals surface area (Å²) in [6.07, 6.45) is -0.118. The highest BCUT2D eigenvalue weighted by atomic mass is 32.1. The molecule has 0 spiro atoms. The van der Waals surface area contributed by atoms with Crippen molar-refractivity contribution in [2.45, 2.75) is 69.9 Å². The van der Waals surface area contributed by atoms with Crippen molar-refractivity contribution in [2.24, 2.45) is 5.92 Å². The Kier molecular flexibility index (Phi) is 14.0. The molecule has 1 fully saturated rings. The fourth-order valence-corrected chi connectivity index (χ4v) is 5.33. The summed E-state index contributed by atoms with van der Waals surface area (Å²) in [5.74, 6) is -5.08. The molecule has 1 aliphatic heterocycles. The number of hydrogen-bond donors (Lipinski definition) is 10. The van der Waals surface area contributed by atoms with E-state index in [1.807, 2.05) is 0 Å². The standard InChI is InChI=1S/C32H42N6O8S2/c1-16(2)26-32(46)37-24(14-47)30(44)33-17(3)27(41)34-22(12-18-4-8-20(39)9-5-18)28(42)35-23(13-19-6-10-21(40)11-7-19)29(43)36-25(15-48)31(45)38-26/h4-11,16-17,22-26,39-40,47-48H,12-15H2,1-3H3,(H,33,44)(H,34,41)(H,35,42)(H,36,43)(H,37,46)(H,38,45)/t17-,22-,23-,24-,25-,26-/m0/s1. The zero-order chi connectivity index (χ0) is 35.5. The maximum Gasteiger partial charge on any atom is 0.244 e. The average Bonchev–Trinajstić information content (AvgIpc) is 3.05. The van der Waals surface area contributed by atoms with Gasteiger partial charge < -0.3 is 42.1 Å². The summed E-state index contributed by atoms with van der Waals surface area (Å²) in [5.41, 5.74) is 1.13. The summed E-state index contributed by atoms with van der Waals surface area (Å²) in [5, 5.41) is 35.1. The van der Waals surface area contributed by atoms with Crippen molar-refractivity contribution < 1.29 is 39.0 Å². The predicted octanol–water partition coefficient (Wildman–Crippen LogP) is -0.659. The third-order valence-corrected chi connectivity index (χ3v) is 8.38. The number of rotatable bonds is 7. The fraction of sp³-hybridized carbons (Fsp3) is 0.438. The molecule has 48 heavy (non-hydrogen) atoms. The molecular formula is C32H42N6O8S2. The molecule has 1 heterocycles. The molecule has 2 aromatic carbocycles. The van der Waals surface area contributed by atoms with E-state index in [1.165, 1.54) is 31.2 Å². The second kappa shape index (κ2) is 17.6. The molecule has 2 aromatic rings. The lowest BCUT2D eigenvalue weighted by Crippen LogP contribution is -2.62. The number of carbonyl (C=O) groups is 6. The van der Waals surface area contributed by atoms with Gasteiger partial charge in [-0.3, -0.25) is 28.8 Å². The van der Waals surface area contributed by atoms with Gasteiger partial charge in [0.2, 0.25) is 35.4 Å². The summed E-state index contributed by atoms with van der Waals surface area (Å²) < 4.78 is 0. The summed E-state index contributed by atoms with van der Waals surface area (Å²) in [6.45, 7) is 4.77. The Balaban J connectivity index is 2.04. The van der Waals surface area contributed by atoms with Crippen LogP contribution in [0.15, 0.2) is 48.5 Å². The summed E-state index contributed by atoms with van der Waals surface area (Å²) in [7, 11) is 0. The monoisotopic (exact) mass is 702 g/mol. The zero-order valence-electron chi connectivity index (χ0n) is 26.7. The molecule has 8 N–H and O–H groups in total. The van der Waals surface area contributed by atoms with E-state index in [1.54, 1.807) is 38.1 Å². The molecule has 260 valence electrons. The van der Waals surface area contributed by atoms with Crippen molar-refractivity contribution in [2.75, 3.05) is 11.5 Å². The molecule has 0 aliphatic carbocycles. The first kappa shape index (κ1) is 38.0. The number of thiol groups is 2. The number of amides is 6. The highest BCUT2D eigenvalue weighted by molar-refractivity contribution is 7.80. The van der Waals surface area contributed by atoms with Crippen LogP contribution in [0.5, 0.6) is 11.5 Å². The second-order valence-electron chi connectivity index (χ2n) is 11.8. The van der Waals surface area contributed by atoms with E-state index in [-0.39, 0.29) is 35.8 Å². The molecule has 0 radical (unpaired) electrons. The van der Waals surface area contributed by atoms with Gasteiger partial charge in [0.15, 0.2) is 0 Å². The van der Waals surface area contributed by atoms with Crippen LogP contribution in [0, 0.1) is 5.92 Å². The molecular weight excluding hydrogens is 661 g/mol. The van der Waals surface area contributed by atoms with E-state index in [4.69, 9.17) is 0 Å². The first-order valence-electron chi connectivity index (χ1n) is 15.3. The lowest BCUT2D eigenvalue weighted by atomic mass is 10.0. The number of phenols is 2. The van der Waals surface area contributed by atoms with Crippen LogP contribution in [0.25, 0.3) is 0 Å². The van der Waals surface area contributed by atoms with Gasteiger partial charge in [-0.1, -0.05) is 38.1 Å². The van der Waals surface area contributed by atoms with E-state index >= 15 is 0 Å².